The zero-order chi connectivity index (χ0) is 19.0. The Morgan fingerprint density at radius 2 is 1.81 bits per heavy atom. The van der Waals surface area contributed by atoms with Crippen LogP contribution >= 0.6 is 11.3 Å². The van der Waals surface area contributed by atoms with E-state index < -0.39 is 0 Å². The number of anilines is 3. The van der Waals surface area contributed by atoms with Gasteiger partial charge in [0, 0.05) is 24.9 Å². The van der Waals surface area contributed by atoms with Gasteiger partial charge in [-0.15, -0.1) is 11.3 Å². The lowest BCUT2D eigenvalue weighted by atomic mass is 10.1. The second kappa shape index (κ2) is 6.81. The monoisotopic (exact) mass is 375 g/mol. The first-order valence-electron chi connectivity index (χ1n) is 8.46. The van der Waals surface area contributed by atoms with E-state index in [1.54, 1.807) is 22.9 Å². The Morgan fingerprint density at radius 3 is 2.56 bits per heavy atom. The number of fused-ring (bicyclic) bond motifs is 1. The Bertz CT molecular complexity index is 1060. The van der Waals surface area contributed by atoms with Crippen molar-refractivity contribution in [3.05, 3.63) is 71.2 Å². The maximum Gasteiger partial charge on any atom is 0.258 e. The third kappa shape index (κ3) is 3.04. The smallest absolute Gasteiger partial charge is 0.258 e. The molecule has 134 valence electrons. The minimum absolute atomic E-state index is 0.0581. The number of likely N-dealkylation sites (N-methyl/N-ethyl adjacent to an activating group) is 1. The number of carbonyl (C=O) groups excluding carboxylic acids is 2. The van der Waals surface area contributed by atoms with E-state index >= 15 is 0 Å². The Kier molecular flexibility index (Phi) is 4.33. The molecule has 0 aliphatic carbocycles. The molecule has 2 heterocycles. The Morgan fingerprint density at radius 1 is 1.11 bits per heavy atom. The number of benzene rings is 2. The highest BCUT2D eigenvalue weighted by Crippen LogP contribution is 2.37. The first-order valence-corrected chi connectivity index (χ1v) is 9.34. The summed E-state index contributed by atoms with van der Waals surface area (Å²) in [6.45, 7) is 1.51. The molecule has 1 aliphatic heterocycles. The Balaban J connectivity index is 1.72. The molecule has 0 N–H and O–H groups in total. The van der Waals surface area contributed by atoms with Crippen molar-refractivity contribution in [1.82, 2.24) is 4.98 Å². The second-order valence-electron chi connectivity index (χ2n) is 6.18. The van der Waals surface area contributed by atoms with E-state index in [2.05, 4.69) is 4.98 Å². The number of para-hydroxylation sites is 2. The molecule has 0 saturated carbocycles. The van der Waals surface area contributed by atoms with Gasteiger partial charge in [-0.25, -0.2) is 4.98 Å². The summed E-state index contributed by atoms with van der Waals surface area (Å²) in [5.41, 5.74) is 3.81. The van der Waals surface area contributed by atoms with E-state index in [0.717, 1.165) is 16.9 Å². The molecule has 27 heavy (non-hydrogen) atoms. The third-order valence-electron chi connectivity index (χ3n) is 4.41. The molecule has 0 spiro atoms. The van der Waals surface area contributed by atoms with Crippen LogP contribution in [0.5, 0.6) is 0 Å². The van der Waals surface area contributed by atoms with E-state index in [4.69, 9.17) is 0 Å². The molecule has 0 saturated heterocycles. The highest BCUT2D eigenvalue weighted by atomic mass is 32.1. The summed E-state index contributed by atoms with van der Waals surface area (Å²) in [6, 6.07) is 17.1. The van der Waals surface area contributed by atoms with Gasteiger partial charge in [0.15, 0.2) is 5.13 Å². The third-order valence-corrected chi connectivity index (χ3v) is 5.26. The summed E-state index contributed by atoms with van der Waals surface area (Å²) in [5, 5.41) is 2.43. The van der Waals surface area contributed by atoms with Crippen LogP contribution in [0.3, 0.4) is 0 Å². The number of hydrogen-bond acceptors (Lipinski definition) is 4. The van der Waals surface area contributed by atoms with Gasteiger partial charge in [-0.05, 0) is 24.3 Å². The summed E-state index contributed by atoms with van der Waals surface area (Å²) in [6.07, 6.45) is 1.79. The lowest BCUT2D eigenvalue weighted by Gasteiger charge is -2.17. The molecule has 4 rings (SSSR count). The van der Waals surface area contributed by atoms with E-state index in [1.165, 1.54) is 18.3 Å². The lowest BCUT2D eigenvalue weighted by molar-refractivity contribution is -0.116. The van der Waals surface area contributed by atoms with Crippen LogP contribution in [0.4, 0.5) is 16.5 Å². The minimum Gasteiger partial charge on any atom is -0.311 e. The molecule has 6 heteroatoms. The molecular formula is C21H17N3O2S. The van der Waals surface area contributed by atoms with E-state index in [-0.39, 0.29) is 11.8 Å². The zero-order valence-electron chi connectivity index (χ0n) is 14.9. The van der Waals surface area contributed by atoms with Crippen molar-refractivity contribution >= 4 is 51.3 Å². The van der Waals surface area contributed by atoms with Gasteiger partial charge in [-0.3, -0.25) is 14.5 Å². The fraction of sp³-hybridized carbons (Fsp3) is 0.0952. The molecule has 2 aromatic carbocycles. The number of nitrogens with zero attached hydrogens (tertiary/aromatic N) is 3. The average molecular weight is 375 g/mol. The number of rotatable bonds is 3. The van der Waals surface area contributed by atoms with Crippen molar-refractivity contribution in [2.75, 3.05) is 16.8 Å². The number of thiazole rings is 1. The second-order valence-corrected chi connectivity index (χ2v) is 7.02. The van der Waals surface area contributed by atoms with Crippen LogP contribution in [-0.4, -0.2) is 23.8 Å². The highest BCUT2D eigenvalue weighted by Gasteiger charge is 2.29. The number of hydrogen-bond donors (Lipinski definition) is 0. The molecule has 3 aromatic rings. The SMILES string of the molecule is CC(=O)N(c1ccccc1)c1nc(C=C2C(=O)N(C)c3ccccc32)cs1. The van der Waals surface area contributed by atoms with Crippen LogP contribution in [0.25, 0.3) is 11.6 Å². The van der Waals surface area contributed by atoms with Crippen LogP contribution < -0.4 is 9.80 Å². The zero-order valence-corrected chi connectivity index (χ0v) is 15.7. The first-order chi connectivity index (χ1) is 13.1. The summed E-state index contributed by atoms with van der Waals surface area (Å²) in [4.78, 5) is 32.6. The van der Waals surface area contributed by atoms with E-state index in [9.17, 15) is 9.59 Å². The van der Waals surface area contributed by atoms with Crippen molar-refractivity contribution in [3.63, 3.8) is 0 Å². The highest BCUT2D eigenvalue weighted by molar-refractivity contribution is 7.14. The largest absolute Gasteiger partial charge is 0.311 e. The summed E-state index contributed by atoms with van der Waals surface area (Å²) in [7, 11) is 1.77. The molecule has 0 atom stereocenters. The molecule has 5 nitrogen and oxygen atoms in total. The Hall–Kier alpha value is -3.25. The molecule has 0 unspecified atom stereocenters. The van der Waals surface area contributed by atoms with Crippen molar-refractivity contribution in [3.8, 4) is 0 Å². The average Bonchev–Trinajstić information content (AvgIpc) is 3.22. The summed E-state index contributed by atoms with van der Waals surface area (Å²) >= 11 is 1.37. The minimum atomic E-state index is -0.114. The van der Waals surface area contributed by atoms with Gasteiger partial charge in [0.05, 0.1) is 22.6 Å². The topological polar surface area (TPSA) is 53.5 Å². The van der Waals surface area contributed by atoms with Crippen LogP contribution in [0, 0.1) is 0 Å². The fourth-order valence-corrected chi connectivity index (χ4v) is 3.98. The van der Waals surface area contributed by atoms with Crippen LogP contribution in [0.1, 0.15) is 18.2 Å². The van der Waals surface area contributed by atoms with E-state index in [1.807, 2.05) is 60.0 Å². The van der Waals surface area contributed by atoms with Gasteiger partial charge in [-0.2, -0.15) is 0 Å². The molecule has 1 aliphatic rings. The standard InChI is InChI=1S/C21H17N3O2S/c1-14(25)24(16-8-4-3-5-9-16)21-22-15(13-27-21)12-18-17-10-6-7-11-19(17)23(2)20(18)26/h3-13H,1-2H3. The fourth-order valence-electron chi connectivity index (χ4n) is 3.14. The summed E-state index contributed by atoms with van der Waals surface area (Å²) < 4.78 is 0. The predicted octanol–water partition coefficient (Wildman–Crippen LogP) is 4.34. The normalized spacial score (nSPS) is 14.5. The predicted molar refractivity (Wildman–Crippen MR) is 109 cm³/mol. The number of aromatic nitrogens is 1. The van der Waals surface area contributed by atoms with Crippen LogP contribution in [-0.2, 0) is 9.59 Å². The summed E-state index contributed by atoms with van der Waals surface area (Å²) in [5.74, 6) is -0.172. The van der Waals surface area contributed by atoms with Crippen molar-refractivity contribution in [2.45, 2.75) is 6.92 Å². The Labute approximate surface area is 161 Å². The molecule has 2 amide bonds. The molecule has 1 aromatic heterocycles. The quantitative estimate of drug-likeness (QED) is 0.640. The maximum atomic E-state index is 12.6. The molecule has 0 bridgehead atoms. The lowest BCUT2D eigenvalue weighted by Crippen LogP contribution is -2.22. The maximum absolute atomic E-state index is 12.6. The van der Waals surface area contributed by atoms with Crippen molar-refractivity contribution in [2.24, 2.45) is 0 Å². The molecule has 0 radical (unpaired) electrons. The van der Waals surface area contributed by atoms with Crippen molar-refractivity contribution in [1.29, 1.82) is 0 Å². The van der Waals surface area contributed by atoms with Gasteiger partial charge in [0.2, 0.25) is 5.91 Å². The van der Waals surface area contributed by atoms with Crippen molar-refractivity contribution < 1.29 is 9.59 Å². The molecule has 0 fully saturated rings. The van der Waals surface area contributed by atoms with Crippen LogP contribution in [0.15, 0.2) is 60.0 Å². The number of carbonyl (C=O) groups is 2. The molecular weight excluding hydrogens is 358 g/mol. The first kappa shape index (κ1) is 17.2. The van der Waals surface area contributed by atoms with Gasteiger partial charge in [0.25, 0.3) is 5.91 Å². The van der Waals surface area contributed by atoms with Crippen LogP contribution in [0.2, 0.25) is 0 Å². The van der Waals surface area contributed by atoms with Gasteiger partial charge in [0.1, 0.15) is 0 Å². The number of amides is 2. The van der Waals surface area contributed by atoms with Gasteiger partial charge < -0.3 is 4.90 Å². The van der Waals surface area contributed by atoms with Gasteiger partial charge >= 0.3 is 0 Å². The van der Waals surface area contributed by atoms with E-state index in [0.29, 0.717) is 16.4 Å². The van der Waals surface area contributed by atoms with Gasteiger partial charge in [-0.1, -0.05) is 36.4 Å².